The quantitative estimate of drug-likeness (QED) is 0.652. The number of nitrogens with zero attached hydrogens (tertiary/aromatic N) is 1. The molecule has 106 valence electrons. The van der Waals surface area contributed by atoms with Gasteiger partial charge in [0, 0.05) is 23.9 Å². The zero-order valence-corrected chi connectivity index (χ0v) is 11.8. The van der Waals surface area contributed by atoms with Gasteiger partial charge in [0.2, 0.25) is 0 Å². The number of hydrogen-bond donors (Lipinski definition) is 2. The fourth-order valence-electron chi connectivity index (χ4n) is 5.70. The summed E-state index contributed by atoms with van der Waals surface area (Å²) in [7, 11) is 0. The van der Waals surface area contributed by atoms with Crippen molar-refractivity contribution >= 4 is 0 Å². The van der Waals surface area contributed by atoms with Crippen molar-refractivity contribution in [3.63, 3.8) is 0 Å². The molecule has 19 heavy (non-hydrogen) atoms. The molecule has 2 heterocycles. The van der Waals surface area contributed by atoms with Crippen molar-refractivity contribution in [3.8, 4) is 0 Å². The Morgan fingerprint density at radius 1 is 1.32 bits per heavy atom. The first-order valence-corrected chi connectivity index (χ1v) is 7.96. The first-order chi connectivity index (χ1) is 9.14. The van der Waals surface area contributed by atoms with Gasteiger partial charge in [0.1, 0.15) is 0 Å². The summed E-state index contributed by atoms with van der Waals surface area (Å²) in [5.41, 5.74) is 1.58. The van der Waals surface area contributed by atoms with Crippen molar-refractivity contribution < 1.29 is 10.2 Å². The van der Waals surface area contributed by atoms with E-state index in [1.807, 2.05) is 0 Å². The Morgan fingerprint density at radius 2 is 2.16 bits per heavy atom. The van der Waals surface area contributed by atoms with E-state index in [0.29, 0.717) is 11.8 Å². The standard InChI is InChI=1S/C16H25NO2/c1-10-9-16-12-4-2-6-17(16)7-3-5-13(16)14(18)8-11(12)15(10)19/h4,10-11,13-15,18-19H,2-3,5-9H2,1H3/t10-,11+,13-,14-,15-,16-/m1/s1. The van der Waals surface area contributed by atoms with Crippen LogP contribution >= 0.6 is 0 Å². The molecule has 1 spiro atoms. The maximum atomic E-state index is 10.6. The molecule has 0 aromatic carbocycles. The topological polar surface area (TPSA) is 43.7 Å². The normalized spacial score (nSPS) is 53.4. The molecule has 0 unspecified atom stereocenters. The van der Waals surface area contributed by atoms with Crippen LogP contribution in [0.2, 0.25) is 0 Å². The third-order valence-electron chi connectivity index (χ3n) is 6.37. The summed E-state index contributed by atoms with van der Waals surface area (Å²) in [6.45, 7) is 4.51. The third-order valence-corrected chi connectivity index (χ3v) is 6.37. The summed E-state index contributed by atoms with van der Waals surface area (Å²) >= 11 is 0. The number of rotatable bonds is 0. The van der Waals surface area contributed by atoms with Gasteiger partial charge in [0.25, 0.3) is 0 Å². The lowest BCUT2D eigenvalue weighted by molar-refractivity contribution is -0.138. The Morgan fingerprint density at radius 3 is 3.00 bits per heavy atom. The second-order valence-corrected chi connectivity index (χ2v) is 7.19. The smallest absolute Gasteiger partial charge is 0.0633 e. The third kappa shape index (κ3) is 1.44. The molecule has 1 saturated heterocycles. The van der Waals surface area contributed by atoms with Gasteiger partial charge < -0.3 is 10.2 Å². The van der Waals surface area contributed by atoms with Gasteiger partial charge in [-0.25, -0.2) is 0 Å². The summed E-state index contributed by atoms with van der Waals surface area (Å²) in [5.74, 6) is 0.964. The zero-order valence-electron chi connectivity index (χ0n) is 11.8. The van der Waals surface area contributed by atoms with Crippen LogP contribution in [0.25, 0.3) is 0 Å². The van der Waals surface area contributed by atoms with Crippen molar-refractivity contribution in [3.05, 3.63) is 11.6 Å². The highest BCUT2D eigenvalue weighted by atomic mass is 16.3. The molecule has 2 bridgehead atoms. The van der Waals surface area contributed by atoms with Crippen LogP contribution in [0.3, 0.4) is 0 Å². The van der Waals surface area contributed by atoms with E-state index in [1.165, 1.54) is 18.5 Å². The largest absolute Gasteiger partial charge is 0.393 e. The molecule has 2 saturated carbocycles. The van der Waals surface area contributed by atoms with Crippen LogP contribution in [0.4, 0.5) is 0 Å². The molecule has 2 aliphatic heterocycles. The Hall–Kier alpha value is -0.380. The molecule has 0 aromatic heterocycles. The zero-order chi connectivity index (χ0) is 13.2. The van der Waals surface area contributed by atoms with Crippen molar-refractivity contribution in [1.82, 2.24) is 4.90 Å². The van der Waals surface area contributed by atoms with Gasteiger partial charge in [0.05, 0.1) is 12.2 Å². The molecule has 4 aliphatic rings. The SMILES string of the molecule is C[C@@H]1C[C@]23C4=CCCN2CCC[C@@H]3[C@H](O)C[C@@H]4[C@@H]1O. The lowest BCUT2D eigenvalue weighted by Gasteiger charge is -2.65. The van der Waals surface area contributed by atoms with E-state index < -0.39 is 0 Å². The summed E-state index contributed by atoms with van der Waals surface area (Å²) in [6, 6.07) is 0. The predicted octanol–water partition coefficient (Wildman–Crippen LogP) is 1.55. The highest BCUT2D eigenvalue weighted by Gasteiger charge is 2.61. The van der Waals surface area contributed by atoms with E-state index in [1.54, 1.807) is 0 Å². The van der Waals surface area contributed by atoms with E-state index in [9.17, 15) is 10.2 Å². The fourth-order valence-corrected chi connectivity index (χ4v) is 5.70. The van der Waals surface area contributed by atoms with Crippen LogP contribution in [0, 0.1) is 17.8 Å². The minimum absolute atomic E-state index is 0.0947. The van der Waals surface area contributed by atoms with Crippen molar-refractivity contribution in [2.45, 2.75) is 56.8 Å². The molecule has 0 amide bonds. The Kier molecular flexibility index (Phi) is 2.64. The minimum Gasteiger partial charge on any atom is -0.393 e. The van der Waals surface area contributed by atoms with Gasteiger partial charge in [-0.3, -0.25) is 4.90 Å². The highest BCUT2D eigenvalue weighted by molar-refractivity contribution is 5.36. The molecule has 3 nitrogen and oxygen atoms in total. The van der Waals surface area contributed by atoms with Crippen LogP contribution in [-0.2, 0) is 0 Å². The van der Waals surface area contributed by atoms with Crippen molar-refractivity contribution in [1.29, 1.82) is 0 Å². The highest BCUT2D eigenvalue weighted by Crippen LogP contribution is 2.58. The van der Waals surface area contributed by atoms with Crippen molar-refractivity contribution in [2.75, 3.05) is 13.1 Å². The molecule has 0 radical (unpaired) electrons. The fraction of sp³-hybridized carbons (Fsp3) is 0.875. The van der Waals surface area contributed by atoms with Gasteiger partial charge >= 0.3 is 0 Å². The van der Waals surface area contributed by atoms with Crippen molar-refractivity contribution in [2.24, 2.45) is 17.8 Å². The number of aliphatic hydroxyl groups is 2. The van der Waals surface area contributed by atoms with E-state index >= 15 is 0 Å². The molecule has 6 atom stereocenters. The molecule has 2 N–H and O–H groups in total. The van der Waals surface area contributed by atoms with Crippen LogP contribution in [0.1, 0.15) is 39.0 Å². The lowest BCUT2D eigenvalue weighted by atomic mass is 9.51. The van der Waals surface area contributed by atoms with Crippen LogP contribution in [0.15, 0.2) is 11.6 Å². The molecule has 3 fully saturated rings. The van der Waals surface area contributed by atoms with Gasteiger partial charge in [0.15, 0.2) is 0 Å². The Bertz CT molecular complexity index is 421. The number of aliphatic hydroxyl groups excluding tert-OH is 2. The second-order valence-electron chi connectivity index (χ2n) is 7.19. The molecule has 4 rings (SSSR count). The number of piperidine rings is 1. The van der Waals surface area contributed by atoms with E-state index in [-0.39, 0.29) is 23.7 Å². The first kappa shape index (κ1) is 12.4. The van der Waals surface area contributed by atoms with E-state index in [2.05, 4.69) is 17.9 Å². The predicted molar refractivity (Wildman–Crippen MR) is 73.6 cm³/mol. The number of hydrogen-bond acceptors (Lipinski definition) is 3. The average Bonchev–Trinajstić information content (AvgIpc) is 2.40. The van der Waals surface area contributed by atoms with E-state index in [4.69, 9.17) is 0 Å². The minimum atomic E-state index is -0.255. The van der Waals surface area contributed by atoms with Crippen LogP contribution < -0.4 is 0 Å². The van der Waals surface area contributed by atoms with Gasteiger partial charge in [-0.05, 0) is 50.1 Å². The molecular formula is C16H25NO2. The van der Waals surface area contributed by atoms with Gasteiger partial charge in [-0.15, -0.1) is 0 Å². The second kappa shape index (κ2) is 4.06. The molecule has 3 heteroatoms. The molecule has 2 aliphatic carbocycles. The molecular weight excluding hydrogens is 238 g/mol. The Labute approximate surface area is 115 Å². The monoisotopic (exact) mass is 263 g/mol. The van der Waals surface area contributed by atoms with E-state index in [0.717, 1.165) is 32.2 Å². The summed E-state index contributed by atoms with van der Waals surface area (Å²) in [6.07, 6.45) is 7.25. The summed E-state index contributed by atoms with van der Waals surface area (Å²) in [5, 5.41) is 21.1. The van der Waals surface area contributed by atoms with Gasteiger partial charge in [-0.1, -0.05) is 13.0 Å². The molecule has 0 aromatic rings. The summed E-state index contributed by atoms with van der Waals surface area (Å²) in [4.78, 5) is 2.65. The lowest BCUT2D eigenvalue weighted by Crippen LogP contribution is -2.70. The first-order valence-electron chi connectivity index (χ1n) is 7.96. The van der Waals surface area contributed by atoms with Crippen LogP contribution in [0.5, 0.6) is 0 Å². The Balaban J connectivity index is 1.87. The maximum absolute atomic E-state index is 10.6. The summed E-state index contributed by atoms with van der Waals surface area (Å²) < 4.78 is 0. The van der Waals surface area contributed by atoms with Crippen LogP contribution in [-0.4, -0.2) is 45.9 Å². The van der Waals surface area contributed by atoms with Gasteiger partial charge in [-0.2, -0.15) is 0 Å². The average molecular weight is 263 g/mol. The maximum Gasteiger partial charge on any atom is 0.0633 e.